The van der Waals surface area contributed by atoms with Crippen LogP contribution in [0, 0.1) is 43.4 Å². The molecule has 0 radical (unpaired) electrons. The number of ether oxygens (including phenoxy) is 2. The summed E-state index contributed by atoms with van der Waals surface area (Å²) < 4.78 is 13.5. The molecule has 1 saturated heterocycles. The second-order valence-corrected chi connectivity index (χ2v) is 10.0. The molecular formula is C24H33NO4. The van der Waals surface area contributed by atoms with Gasteiger partial charge in [0.05, 0.1) is 12.0 Å². The molecule has 29 heavy (non-hydrogen) atoms. The Morgan fingerprint density at radius 1 is 1.10 bits per heavy atom. The normalized spacial score (nSPS) is 35.2. The van der Waals surface area contributed by atoms with Crippen LogP contribution in [-0.4, -0.2) is 35.6 Å². The Hall–Kier alpha value is -1.62. The van der Waals surface area contributed by atoms with Crippen molar-refractivity contribution in [1.29, 1.82) is 0 Å². The molecule has 0 unspecified atom stereocenters. The van der Waals surface area contributed by atoms with Crippen molar-refractivity contribution < 1.29 is 19.1 Å². The molecular weight excluding hydrogens is 366 g/mol. The van der Waals surface area contributed by atoms with Crippen LogP contribution in [0.5, 0.6) is 0 Å². The predicted molar refractivity (Wildman–Crippen MR) is 109 cm³/mol. The lowest BCUT2D eigenvalue weighted by Gasteiger charge is -2.53. The van der Waals surface area contributed by atoms with Crippen LogP contribution in [0.1, 0.15) is 66.7 Å². The molecule has 0 amide bonds. The molecule has 5 heteroatoms. The standard InChI is InChI=1S/C24H33NO4/c1-14-6-21(15(2)25(14)12-20-4-3-5-28-20)22(26)13-29-24(27)23-18-8-16-7-17(10-18)11-19(23)9-16/h6,16-20,23H,3-5,7-13H2,1-2H3/t16?,17?,18?,19?,20-,23?/m0/s1. The van der Waals surface area contributed by atoms with Crippen LogP contribution in [-0.2, 0) is 20.8 Å². The van der Waals surface area contributed by atoms with Crippen LogP contribution < -0.4 is 0 Å². The van der Waals surface area contributed by atoms with Crippen molar-refractivity contribution in [3.8, 4) is 0 Å². The van der Waals surface area contributed by atoms with Crippen molar-refractivity contribution in [2.24, 2.45) is 29.6 Å². The van der Waals surface area contributed by atoms with Crippen LogP contribution in [0.4, 0.5) is 0 Å². The second kappa shape index (κ2) is 7.57. The zero-order valence-electron chi connectivity index (χ0n) is 17.7. The highest BCUT2D eigenvalue weighted by atomic mass is 16.5. The number of hydrogen-bond acceptors (Lipinski definition) is 4. The molecule has 4 saturated carbocycles. The van der Waals surface area contributed by atoms with E-state index in [9.17, 15) is 9.59 Å². The summed E-state index contributed by atoms with van der Waals surface area (Å²) in [5.74, 6) is 2.46. The van der Waals surface area contributed by atoms with Gasteiger partial charge in [0.1, 0.15) is 0 Å². The van der Waals surface area contributed by atoms with Gasteiger partial charge in [0.2, 0.25) is 5.78 Å². The van der Waals surface area contributed by atoms with Gasteiger partial charge >= 0.3 is 5.97 Å². The van der Waals surface area contributed by atoms with Gasteiger partial charge < -0.3 is 14.0 Å². The van der Waals surface area contributed by atoms with E-state index in [1.54, 1.807) is 0 Å². The number of Topliss-reactive ketones (excluding diaryl/α,β-unsaturated/α-hetero) is 1. The van der Waals surface area contributed by atoms with Crippen molar-refractivity contribution in [3.63, 3.8) is 0 Å². The molecule has 5 nitrogen and oxygen atoms in total. The Morgan fingerprint density at radius 3 is 2.41 bits per heavy atom. The Balaban J connectivity index is 1.21. The lowest BCUT2D eigenvalue weighted by molar-refractivity contribution is -0.161. The van der Waals surface area contributed by atoms with E-state index in [1.807, 2.05) is 19.9 Å². The van der Waals surface area contributed by atoms with E-state index in [0.29, 0.717) is 17.4 Å². The van der Waals surface area contributed by atoms with E-state index in [2.05, 4.69) is 4.57 Å². The minimum absolute atomic E-state index is 0.0301. The van der Waals surface area contributed by atoms with Gasteiger partial charge in [-0.05, 0) is 88.5 Å². The van der Waals surface area contributed by atoms with Crippen molar-refractivity contribution >= 4 is 11.8 Å². The van der Waals surface area contributed by atoms with E-state index in [1.165, 1.54) is 32.1 Å². The van der Waals surface area contributed by atoms with Crippen LogP contribution >= 0.6 is 0 Å². The molecule has 5 fully saturated rings. The van der Waals surface area contributed by atoms with E-state index in [4.69, 9.17) is 9.47 Å². The van der Waals surface area contributed by atoms with E-state index in [0.717, 1.165) is 49.2 Å². The summed E-state index contributed by atoms with van der Waals surface area (Å²) in [5, 5.41) is 0. The SMILES string of the molecule is Cc1cc(C(=O)COC(=O)C2C3CC4CC(C3)CC2C4)c(C)n1C[C@@H]1CCCO1. The number of hydrogen-bond donors (Lipinski definition) is 0. The minimum atomic E-state index is -0.133. The first-order chi connectivity index (χ1) is 14.0. The number of esters is 1. The van der Waals surface area contributed by atoms with Gasteiger partial charge in [-0.1, -0.05) is 0 Å². The Labute approximate surface area is 173 Å². The highest BCUT2D eigenvalue weighted by molar-refractivity contribution is 5.99. The monoisotopic (exact) mass is 399 g/mol. The molecule has 158 valence electrons. The highest BCUT2D eigenvalue weighted by Crippen LogP contribution is 2.56. The van der Waals surface area contributed by atoms with Crippen molar-refractivity contribution in [1.82, 2.24) is 4.57 Å². The number of carbonyl (C=O) groups excluding carboxylic acids is 2. The summed E-state index contributed by atoms with van der Waals surface area (Å²) in [6, 6.07) is 1.93. The molecule has 0 aromatic carbocycles. The smallest absolute Gasteiger partial charge is 0.309 e. The quantitative estimate of drug-likeness (QED) is 0.534. The van der Waals surface area contributed by atoms with E-state index < -0.39 is 0 Å². The van der Waals surface area contributed by atoms with Crippen molar-refractivity contribution in [2.45, 2.75) is 71.4 Å². The topological polar surface area (TPSA) is 57.5 Å². The molecule has 1 aromatic heterocycles. The van der Waals surface area contributed by atoms with Crippen LogP contribution in [0.25, 0.3) is 0 Å². The third-order valence-corrected chi connectivity index (χ3v) is 8.13. The molecule has 4 bridgehead atoms. The lowest BCUT2D eigenvalue weighted by atomic mass is 9.52. The number of rotatable bonds is 6. The first kappa shape index (κ1) is 19.3. The van der Waals surface area contributed by atoms with E-state index in [-0.39, 0.29) is 30.4 Å². The number of carbonyl (C=O) groups is 2. The van der Waals surface area contributed by atoms with Gasteiger partial charge in [-0.3, -0.25) is 9.59 Å². The molecule has 0 spiro atoms. The van der Waals surface area contributed by atoms with Crippen molar-refractivity contribution in [2.75, 3.05) is 13.2 Å². The van der Waals surface area contributed by atoms with Gasteiger partial charge in [0.15, 0.2) is 6.61 Å². The largest absolute Gasteiger partial charge is 0.457 e. The summed E-state index contributed by atoms with van der Waals surface area (Å²) in [6.45, 7) is 5.49. The fourth-order valence-electron chi connectivity index (χ4n) is 6.98. The van der Waals surface area contributed by atoms with Crippen LogP contribution in [0.2, 0.25) is 0 Å². The molecule has 6 rings (SSSR count). The summed E-state index contributed by atoms with van der Waals surface area (Å²) in [4.78, 5) is 25.7. The molecule has 2 heterocycles. The van der Waals surface area contributed by atoms with Gasteiger partial charge in [0, 0.05) is 30.1 Å². The lowest BCUT2D eigenvalue weighted by Crippen LogP contribution is -2.48. The number of ketones is 1. The first-order valence-electron chi connectivity index (χ1n) is 11.5. The minimum Gasteiger partial charge on any atom is -0.457 e. The molecule has 0 N–H and O–H groups in total. The van der Waals surface area contributed by atoms with Crippen molar-refractivity contribution in [3.05, 3.63) is 23.0 Å². The fourth-order valence-corrected chi connectivity index (χ4v) is 6.98. The van der Waals surface area contributed by atoms with Crippen LogP contribution in [0.15, 0.2) is 6.07 Å². The molecule has 1 aliphatic heterocycles. The number of aromatic nitrogens is 1. The van der Waals surface area contributed by atoms with Gasteiger partial charge in [0.25, 0.3) is 0 Å². The summed E-state index contributed by atoms with van der Waals surface area (Å²) in [6.07, 6.45) is 8.53. The first-order valence-corrected chi connectivity index (χ1v) is 11.5. The highest BCUT2D eigenvalue weighted by Gasteiger charge is 2.51. The maximum atomic E-state index is 12.9. The maximum absolute atomic E-state index is 12.9. The Kier molecular flexibility index (Phi) is 5.05. The predicted octanol–water partition coefficient (Wildman–Crippen LogP) is 4.08. The third kappa shape index (κ3) is 3.56. The van der Waals surface area contributed by atoms with Gasteiger partial charge in [-0.25, -0.2) is 0 Å². The number of nitrogens with zero attached hydrogens (tertiary/aromatic N) is 1. The molecule has 1 aromatic rings. The zero-order chi connectivity index (χ0) is 20.1. The van der Waals surface area contributed by atoms with Gasteiger partial charge in [-0.15, -0.1) is 0 Å². The summed E-state index contributed by atoms with van der Waals surface area (Å²) in [5.41, 5.74) is 2.70. The maximum Gasteiger partial charge on any atom is 0.309 e. The Morgan fingerprint density at radius 2 is 1.79 bits per heavy atom. The van der Waals surface area contributed by atoms with Crippen LogP contribution in [0.3, 0.4) is 0 Å². The summed E-state index contributed by atoms with van der Waals surface area (Å²) in [7, 11) is 0. The molecule has 5 aliphatic rings. The average molecular weight is 400 g/mol. The zero-order valence-corrected chi connectivity index (χ0v) is 17.7. The molecule has 1 atom stereocenters. The van der Waals surface area contributed by atoms with E-state index >= 15 is 0 Å². The average Bonchev–Trinajstić information content (AvgIpc) is 3.29. The summed E-state index contributed by atoms with van der Waals surface area (Å²) >= 11 is 0. The number of aryl methyl sites for hydroxylation is 1. The fraction of sp³-hybridized carbons (Fsp3) is 0.750. The molecule has 4 aliphatic carbocycles. The van der Waals surface area contributed by atoms with Gasteiger partial charge in [-0.2, -0.15) is 0 Å². The Bertz CT molecular complexity index is 776. The third-order valence-electron chi connectivity index (χ3n) is 8.13. The second-order valence-electron chi connectivity index (χ2n) is 10.0.